The number of carboxylic acids is 1. The van der Waals surface area contributed by atoms with Gasteiger partial charge in [0.15, 0.2) is 0 Å². The molecule has 1 heterocycles. The van der Waals surface area contributed by atoms with Gasteiger partial charge in [-0.3, -0.25) is 9.59 Å². The number of hydrogen-bond donors (Lipinski definition) is 1. The number of amides is 1. The lowest BCUT2D eigenvalue weighted by atomic mass is 10.1. The Labute approximate surface area is 201 Å². The summed E-state index contributed by atoms with van der Waals surface area (Å²) in [7, 11) is 1.75. The fourth-order valence-electron chi connectivity index (χ4n) is 3.26. The zero-order valence-electron chi connectivity index (χ0n) is 18.6. The normalized spacial score (nSPS) is 11.3. The van der Waals surface area contributed by atoms with Crippen molar-refractivity contribution in [2.75, 3.05) is 13.7 Å². The summed E-state index contributed by atoms with van der Waals surface area (Å²) >= 11 is 3.49. The van der Waals surface area contributed by atoms with Crippen LogP contribution >= 0.6 is 15.9 Å². The van der Waals surface area contributed by atoms with E-state index in [9.17, 15) is 9.59 Å². The van der Waals surface area contributed by atoms with Crippen LogP contribution in [0.25, 0.3) is 11.3 Å². The molecule has 0 atom stereocenters. The summed E-state index contributed by atoms with van der Waals surface area (Å²) in [5.41, 5.74) is 3.32. The van der Waals surface area contributed by atoms with Gasteiger partial charge in [0.25, 0.3) is 5.91 Å². The molecule has 0 aliphatic carbocycles. The molecule has 6 nitrogen and oxygen atoms in total. The van der Waals surface area contributed by atoms with Gasteiger partial charge in [0.05, 0.1) is 6.26 Å². The number of hydrogen-bond acceptors (Lipinski definition) is 4. The van der Waals surface area contributed by atoms with E-state index >= 15 is 0 Å². The van der Waals surface area contributed by atoms with Gasteiger partial charge in [-0.05, 0) is 61.9 Å². The second-order valence-electron chi connectivity index (χ2n) is 7.72. The third-order valence-corrected chi connectivity index (χ3v) is 5.61. The summed E-state index contributed by atoms with van der Waals surface area (Å²) in [4.78, 5) is 25.3. The molecule has 33 heavy (non-hydrogen) atoms. The van der Waals surface area contributed by atoms with E-state index in [0.29, 0.717) is 30.9 Å². The minimum Gasteiger partial charge on any atom is -0.489 e. The number of carbonyl (C=O) groups excluding carboxylic acids is 1. The van der Waals surface area contributed by atoms with Crippen LogP contribution in [0.5, 0.6) is 5.75 Å². The van der Waals surface area contributed by atoms with E-state index in [1.807, 2.05) is 55.5 Å². The van der Waals surface area contributed by atoms with E-state index in [-0.39, 0.29) is 12.3 Å². The number of nitrogens with zero attached hydrogens (tertiary/aromatic N) is 1. The average molecular weight is 512 g/mol. The lowest BCUT2D eigenvalue weighted by Gasteiger charge is -2.20. The molecule has 7 heteroatoms. The molecule has 0 aliphatic rings. The third-order valence-electron chi connectivity index (χ3n) is 5.12. The molecule has 0 saturated heterocycles. The smallest absolute Gasteiger partial charge is 0.303 e. The summed E-state index contributed by atoms with van der Waals surface area (Å²) in [5.74, 6) is 0.511. The van der Waals surface area contributed by atoms with Crippen LogP contribution in [0.4, 0.5) is 0 Å². The van der Waals surface area contributed by atoms with Crippen molar-refractivity contribution in [1.82, 2.24) is 4.90 Å². The van der Waals surface area contributed by atoms with Crippen molar-refractivity contribution < 1.29 is 23.8 Å². The summed E-state index contributed by atoms with van der Waals surface area (Å²) < 4.78 is 12.2. The molecule has 0 bridgehead atoms. The van der Waals surface area contributed by atoms with Gasteiger partial charge in [0.2, 0.25) is 0 Å². The summed E-state index contributed by atoms with van der Waals surface area (Å²) in [6.45, 7) is 2.58. The number of carboxylic acid groups (broad SMARTS) is 1. The highest BCUT2D eigenvalue weighted by Gasteiger charge is 2.15. The van der Waals surface area contributed by atoms with Crippen LogP contribution in [0.2, 0.25) is 0 Å². The molecule has 0 radical (unpaired) electrons. The first-order valence-corrected chi connectivity index (χ1v) is 11.3. The minimum atomic E-state index is -0.817. The Balaban J connectivity index is 1.65. The molecule has 1 amide bonds. The molecule has 1 N–H and O–H groups in total. The monoisotopic (exact) mass is 511 g/mol. The number of aliphatic carboxylic acids is 1. The van der Waals surface area contributed by atoms with Crippen LogP contribution in [0.3, 0.4) is 0 Å². The third kappa shape index (κ3) is 7.08. The summed E-state index contributed by atoms with van der Waals surface area (Å²) in [6.07, 6.45) is 4.08. The molecular formula is C26H26BrNO5. The van der Waals surface area contributed by atoms with Crippen molar-refractivity contribution in [3.8, 4) is 17.1 Å². The maximum atomic E-state index is 13.0. The van der Waals surface area contributed by atoms with Crippen LogP contribution in [0.15, 0.2) is 81.4 Å². The van der Waals surface area contributed by atoms with E-state index in [2.05, 4.69) is 15.9 Å². The van der Waals surface area contributed by atoms with Crippen LogP contribution in [-0.4, -0.2) is 35.5 Å². The maximum Gasteiger partial charge on any atom is 0.303 e. The lowest BCUT2D eigenvalue weighted by molar-refractivity contribution is -0.136. The van der Waals surface area contributed by atoms with E-state index in [0.717, 1.165) is 26.9 Å². The van der Waals surface area contributed by atoms with E-state index < -0.39 is 5.97 Å². The molecule has 0 spiro atoms. The Morgan fingerprint density at radius 3 is 2.55 bits per heavy atom. The first kappa shape index (κ1) is 24.3. The number of halogens is 1. The highest BCUT2D eigenvalue weighted by atomic mass is 79.9. The van der Waals surface area contributed by atoms with Crippen molar-refractivity contribution in [3.05, 3.63) is 88.1 Å². The Morgan fingerprint density at radius 2 is 1.88 bits per heavy atom. The topological polar surface area (TPSA) is 80.0 Å². The molecule has 0 saturated carbocycles. The van der Waals surface area contributed by atoms with Gasteiger partial charge in [-0.25, -0.2) is 0 Å². The van der Waals surface area contributed by atoms with Crippen molar-refractivity contribution in [2.24, 2.45) is 0 Å². The Bertz CT molecular complexity index is 1120. The standard InChI is InChI=1S/C26H26BrNO5/c1-18(5-12-25(29)30)13-15-33-24-11-10-22(27)16-21(24)17-28(2)26(31)20-8-6-19(7-9-20)23-4-3-14-32-23/h3-4,6-11,13-14,16H,5,12,15,17H2,1-2H3,(H,29,30). The quantitative estimate of drug-likeness (QED) is 0.329. The largest absolute Gasteiger partial charge is 0.489 e. The number of allylic oxidation sites excluding steroid dienone is 1. The van der Waals surface area contributed by atoms with Gasteiger partial charge in [-0.15, -0.1) is 0 Å². The second-order valence-corrected chi connectivity index (χ2v) is 8.64. The van der Waals surface area contributed by atoms with Crippen LogP contribution in [0.1, 0.15) is 35.7 Å². The van der Waals surface area contributed by atoms with E-state index in [1.54, 1.807) is 30.3 Å². The Hall–Kier alpha value is -3.32. The van der Waals surface area contributed by atoms with E-state index in [4.69, 9.17) is 14.3 Å². The number of benzene rings is 2. The molecule has 0 unspecified atom stereocenters. The van der Waals surface area contributed by atoms with Gasteiger partial charge in [-0.2, -0.15) is 0 Å². The molecular weight excluding hydrogens is 486 g/mol. The van der Waals surface area contributed by atoms with Gasteiger partial charge in [-0.1, -0.05) is 33.6 Å². The fourth-order valence-corrected chi connectivity index (χ4v) is 3.67. The molecule has 0 aliphatic heterocycles. The number of ether oxygens (including phenoxy) is 1. The van der Waals surface area contributed by atoms with Gasteiger partial charge in [0.1, 0.15) is 18.1 Å². The number of carbonyl (C=O) groups is 2. The Kier molecular flexibility index (Phi) is 8.49. The maximum absolute atomic E-state index is 13.0. The molecule has 1 aromatic heterocycles. The fraction of sp³-hybridized carbons (Fsp3) is 0.231. The highest BCUT2D eigenvalue weighted by molar-refractivity contribution is 9.10. The average Bonchev–Trinajstić information content (AvgIpc) is 3.33. The molecule has 2 aromatic carbocycles. The first-order chi connectivity index (χ1) is 15.8. The predicted octanol–water partition coefficient (Wildman–Crippen LogP) is 6.17. The van der Waals surface area contributed by atoms with Gasteiger partial charge >= 0.3 is 5.97 Å². The van der Waals surface area contributed by atoms with Crippen molar-refractivity contribution in [1.29, 1.82) is 0 Å². The predicted molar refractivity (Wildman–Crippen MR) is 130 cm³/mol. The van der Waals surface area contributed by atoms with Gasteiger partial charge < -0.3 is 19.2 Å². The minimum absolute atomic E-state index is 0.0985. The van der Waals surface area contributed by atoms with Crippen LogP contribution in [0, 0.1) is 0 Å². The number of furan rings is 1. The molecule has 3 aromatic rings. The lowest BCUT2D eigenvalue weighted by Crippen LogP contribution is -2.26. The van der Waals surface area contributed by atoms with Crippen LogP contribution in [-0.2, 0) is 11.3 Å². The first-order valence-electron chi connectivity index (χ1n) is 10.5. The number of rotatable bonds is 10. The summed E-state index contributed by atoms with van der Waals surface area (Å²) in [5, 5.41) is 8.80. The molecule has 3 rings (SSSR count). The highest BCUT2D eigenvalue weighted by Crippen LogP contribution is 2.26. The molecule has 172 valence electrons. The van der Waals surface area contributed by atoms with Crippen LogP contribution < -0.4 is 4.74 Å². The zero-order chi connectivity index (χ0) is 23.8. The second kappa shape index (κ2) is 11.5. The van der Waals surface area contributed by atoms with E-state index in [1.165, 1.54) is 0 Å². The van der Waals surface area contributed by atoms with Crippen molar-refractivity contribution >= 4 is 27.8 Å². The van der Waals surface area contributed by atoms with Gasteiger partial charge in [0, 0.05) is 41.2 Å². The Morgan fingerprint density at radius 1 is 1.12 bits per heavy atom. The summed E-state index contributed by atoms with van der Waals surface area (Å²) in [6, 6.07) is 16.7. The van der Waals surface area contributed by atoms with Crippen molar-refractivity contribution in [2.45, 2.75) is 26.3 Å². The SMILES string of the molecule is CC(=CCOc1ccc(Br)cc1CN(C)C(=O)c1ccc(-c2ccco2)cc1)CCC(=O)O. The molecule has 0 fully saturated rings. The van der Waals surface area contributed by atoms with Crippen molar-refractivity contribution in [3.63, 3.8) is 0 Å². The zero-order valence-corrected chi connectivity index (χ0v) is 20.2.